The number of halogens is 2. The summed E-state index contributed by atoms with van der Waals surface area (Å²) in [5.74, 6) is 2.87. The molecule has 12 rings (SSSR count). The molecule has 0 aromatic carbocycles. The monoisotopic (exact) mass is 1570 g/mol. The topological polar surface area (TPSA) is 453 Å². The molecule has 0 bridgehead atoms. The van der Waals surface area contributed by atoms with Gasteiger partial charge in [-0.2, -0.15) is 9.37 Å². The first-order chi connectivity index (χ1) is 48.9. The predicted octanol–water partition coefficient (Wildman–Crippen LogP) is 3.67. The van der Waals surface area contributed by atoms with E-state index in [1.54, 1.807) is 36.8 Å². The molecule has 4 saturated heterocycles. The SMILES string of the molecule is C=P(C)(C)CC[C@H]1O[C@@H](n2c(CCC)nc3c(=O)[nH]c(C)nc32)[C@H](O)[C@@H]1O.C=P(C)(C)CC[C@H]1O[C@@H](n2c(CCCC)nc3c(=O)[nH]c(C)nc32)[C@H](O)[C@@H]1O.C=P(C)(C)CC[C@H]1O[C@@H](n2c(Cl)nc3c(=O)[nH]c(C)nc32)[C@H](O)[C@@H]1O.C=P(C)(C)CC[C@H]1O[C@@H](n2c(F)nc3c(=O)[nH]c(C)nc32)[C@H](O)[C@@H]1O. The minimum atomic E-state index is -1.36. The van der Waals surface area contributed by atoms with Crippen LogP contribution >= 0.6 is 39.1 Å². The molecule has 4 aliphatic heterocycles. The summed E-state index contributed by atoms with van der Waals surface area (Å²) >= 11 is 6.16. The van der Waals surface area contributed by atoms with E-state index in [1.165, 1.54) is 4.57 Å². The molecule has 582 valence electrons. The first-order valence-corrected chi connectivity index (χ1v) is 47.5. The third kappa shape index (κ3) is 19.3. The number of imidazole rings is 4. The van der Waals surface area contributed by atoms with Crippen LogP contribution < -0.4 is 22.2 Å². The summed E-state index contributed by atoms with van der Waals surface area (Å²) in [6.45, 7) is 22.4. The molecule has 105 heavy (non-hydrogen) atoms. The number of aromatic amines is 4. The van der Waals surface area contributed by atoms with E-state index in [-0.39, 0.29) is 55.6 Å². The van der Waals surface area contributed by atoms with Crippen molar-refractivity contribution in [2.75, 3.05) is 78.0 Å². The Kier molecular flexibility index (Phi) is 26.4. The van der Waals surface area contributed by atoms with E-state index >= 15 is 0 Å². The van der Waals surface area contributed by atoms with Crippen molar-refractivity contribution >= 4 is 109 Å². The highest BCUT2D eigenvalue weighted by molar-refractivity contribution is 7.73. The van der Waals surface area contributed by atoms with Gasteiger partial charge in [0, 0.05) is 12.8 Å². The maximum atomic E-state index is 14.4. The van der Waals surface area contributed by atoms with Crippen molar-refractivity contribution in [2.24, 2.45) is 0 Å². The number of ether oxygens (including phenoxy) is 4. The average Bonchev–Trinajstić information content (AvgIpc) is 1.63. The number of H-pyrrole nitrogens is 4. The highest BCUT2D eigenvalue weighted by atomic mass is 35.5. The molecular formula is C67H104ClFN16O16P4. The van der Waals surface area contributed by atoms with Crippen molar-refractivity contribution in [1.29, 1.82) is 0 Å². The average molecular weight is 1570 g/mol. The quantitative estimate of drug-likeness (QED) is 0.0360. The number of hydrogen-bond acceptors (Lipinski definition) is 24. The molecule has 12 N–H and O–H groups in total. The summed E-state index contributed by atoms with van der Waals surface area (Å²) in [6, 6.07) is 0. The zero-order chi connectivity index (χ0) is 77.6. The number of hydrogen-bond donors (Lipinski definition) is 12. The van der Waals surface area contributed by atoms with Crippen molar-refractivity contribution in [2.45, 2.75) is 197 Å². The molecule has 38 heteroatoms. The maximum absolute atomic E-state index is 14.4. The number of unbranched alkanes of at least 4 members (excludes halogenated alkanes) is 1. The molecular weight excluding hydrogens is 1460 g/mol. The standard InChI is InChI=1S/C19H31N4O4P.C18H29N4O4P.C15H22ClN4O4P.C15H22FN4O4P/c1-6-7-8-13-22-14-17(20-11(2)21-18(14)26)23(13)19-16(25)15(24)12(27-19)9-10-28(3,4)5;1-6-7-12-21-13-16(19-10(2)20-17(13)25)22(12)18-15(24)14(23)11(26-18)8-9-27(3,4)5;2*1-7-17-12-9(13(23)18-7)19-15(16)20(12)14-11(22)10(21)8(24-14)5-6-25(2,3)4/h12,15-16,19,24-25H,3,6-10H2,1-2,4-5H3,(H,20,21,26);11,14-15,18,23-24H,3,6-9H2,1-2,4-5H3,(H,19,20,25);2*8,10-11,14,21-22H,2,5-6H2,1,3-4H3,(H,17,18,23)/t12-,15-,16-,19-;11-,14-,15-,18-;2*8-,10-,11-,14-/m1111/s1. The first kappa shape index (κ1) is 83.4. The van der Waals surface area contributed by atoms with Crippen molar-refractivity contribution in [3.8, 4) is 0 Å². The molecule has 0 saturated carbocycles. The Morgan fingerprint density at radius 2 is 0.667 bits per heavy atom. The van der Waals surface area contributed by atoms with Crippen LogP contribution in [0, 0.1) is 33.8 Å². The van der Waals surface area contributed by atoms with Gasteiger partial charge >= 0.3 is 0 Å². The molecule has 0 aliphatic carbocycles. The molecule has 0 amide bonds. The summed E-state index contributed by atoms with van der Waals surface area (Å²) < 4.78 is 43.8. The summed E-state index contributed by atoms with van der Waals surface area (Å²) in [7, 11) is 0. The van der Waals surface area contributed by atoms with Gasteiger partial charge in [0.15, 0.2) is 69.6 Å². The second-order valence-corrected chi connectivity index (χ2v) is 48.0. The van der Waals surface area contributed by atoms with Gasteiger partial charge in [-0.3, -0.25) is 37.4 Å². The summed E-state index contributed by atoms with van der Waals surface area (Å²) in [5, 5.41) is 83.9. The fourth-order valence-corrected chi connectivity index (χ4v) is 17.0. The number of rotatable bonds is 21. The molecule has 16 atom stereocenters. The Bertz CT molecular complexity index is 4750. The molecule has 0 radical (unpaired) electrons. The lowest BCUT2D eigenvalue weighted by atomic mass is 10.1. The van der Waals surface area contributed by atoms with Crippen LogP contribution in [0.25, 0.3) is 44.7 Å². The van der Waals surface area contributed by atoms with E-state index in [4.69, 9.17) is 30.5 Å². The minimum Gasteiger partial charge on any atom is -0.388 e. The Morgan fingerprint density at radius 3 is 0.971 bits per heavy atom. The lowest BCUT2D eigenvalue weighted by Crippen LogP contribution is -2.32. The fourth-order valence-electron chi connectivity index (χ4n) is 12.9. The summed E-state index contributed by atoms with van der Waals surface area (Å²) in [5.41, 5.74) is -0.336. The minimum absolute atomic E-state index is 0.0272. The number of aromatic nitrogens is 16. The van der Waals surface area contributed by atoms with Crippen LogP contribution in [0.3, 0.4) is 0 Å². The molecule has 4 fully saturated rings. The van der Waals surface area contributed by atoms with Crippen molar-refractivity contribution in [3.05, 3.63) is 87.7 Å². The second kappa shape index (κ2) is 33.3. The third-order valence-electron chi connectivity index (χ3n) is 18.4. The molecule has 0 unspecified atom stereocenters. The van der Waals surface area contributed by atoms with E-state index in [2.05, 4.69) is 145 Å². The van der Waals surface area contributed by atoms with Gasteiger partial charge in [0.1, 0.15) is 83.8 Å². The van der Waals surface area contributed by atoms with Gasteiger partial charge in [-0.05, 0) is 156 Å². The lowest BCUT2D eigenvalue weighted by Gasteiger charge is -2.20. The van der Waals surface area contributed by atoms with Gasteiger partial charge in [0.2, 0.25) is 5.28 Å². The Balaban J connectivity index is 0.000000162. The van der Waals surface area contributed by atoms with Gasteiger partial charge < -0.3 is 79.7 Å². The predicted molar refractivity (Wildman–Crippen MR) is 414 cm³/mol. The van der Waals surface area contributed by atoms with E-state index in [9.17, 15) is 64.4 Å². The number of aliphatic hydroxyl groups is 8. The van der Waals surface area contributed by atoms with Crippen LogP contribution in [0.2, 0.25) is 5.28 Å². The highest BCUT2D eigenvalue weighted by Crippen LogP contribution is 2.45. The van der Waals surface area contributed by atoms with Crippen LogP contribution in [0.4, 0.5) is 4.39 Å². The van der Waals surface area contributed by atoms with Gasteiger partial charge in [0.05, 0.1) is 24.4 Å². The molecule has 8 aromatic heterocycles. The molecule has 4 aliphatic rings. The van der Waals surface area contributed by atoms with Crippen molar-refractivity contribution < 1.29 is 64.2 Å². The fraction of sp³-hybridized carbons (Fsp3) is 0.642. The van der Waals surface area contributed by atoms with Gasteiger partial charge in [-0.15, -0.1) is 52.7 Å². The van der Waals surface area contributed by atoms with Gasteiger partial charge in [-0.25, -0.2) is 34.9 Å². The van der Waals surface area contributed by atoms with E-state index in [0.29, 0.717) is 78.9 Å². The van der Waals surface area contributed by atoms with Gasteiger partial charge in [-0.1, -0.05) is 20.3 Å². The van der Waals surface area contributed by atoms with Crippen LogP contribution in [-0.2, 0) is 31.8 Å². The zero-order valence-electron chi connectivity index (χ0n) is 62.0. The first-order valence-electron chi connectivity index (χ1n) is 34.9. The Hall–Kier alpha value is -5.66. The van der Waals surface area contributed by atoms with Crippen molar-refractivity contribution in [3.63, 3.8) is 0 Å². The molecule has 32 nitrogen and oxygen atoms in total. The second-order valence-electron chi connectivity index (χ2n) is 30.4. The van der Waals surface area contributed by atoms with Crippen LogP contribution in [0.1, 0.15) is 119 Å². The Morgan fingerprint density at radius 1 is 0.400 bits per heavy atom. The number of fused-ring (bicyclic) bond motifs is 4. The number of nitrogens with zero attached hydrogens (tertiary/aromatic N) is 12. The third-order valence-corrected chi connectivity index (χ3v) is 24.5. The van der Waals surface area contributed by atoms with Crippen molar-refractivity contribution in [1.82, 2.24) is 78.1 Å². The van der Waals surface area contributed by atoms with Crippen LogP contribution in [0.15, 0.2) is 19.2 Å². The molecule has 12 heterocycles. The summed E-state index contributed by atoms with van der Waals surface area (Å²) in [4.78, 5) is 92.6. The zero-order valence-corrected chi connectivity index (χ0v) is 66.3. The lowest BCUT2D eigenvalue weighted by molar-refractivity contribution is -0.0413. The molecule has 8 aromatic rings. The number of aliphatic hydroxyl groups excluding tert-OH is 8. The number of aryl methyl sites for hydroxylation is 6. The number of nitrogens with one attached hydrogen (secondary N) is 4. The smallest absolute Gasteiger partial charge is 0.293 e. The normalized spacial score (nSPS) is 26.6. The molecule has 0 spiro atoms. The van der Waals surface area contributed by atoms with Gasteiger partial charge in [0.25, 0.3) is 28.3 Å². The Labute approximate surface area is 611 Å². The highest BCUT2D eigenvalue weighted by Gasteiger charge is 2.49. The van der Waals surface area contributed by atoms with E-state index in [1.807, 2.05) is 6.92 Å². The summed E-state index contributed by atoms with van der Waals surface area (Å²) in [6.07, 6.45) is 10.2. The van der Waals surface area contributed by atoms with Crippen LogP contribution in [-0.4, -0.2) is 295 Å². The van der Waals surface area contributed by atoms with Crippen LogP contribution in [0.5, 0.6) is 0 Å². The maximum Gasteiger partial charge on any atom is 0.293 e. The van der Waals surface area contributed by atoms with E-state index in [0.717, 1.165) is 48.5 Å². The van der Waals surface area contributed by atoms with E-state index < -0.39 is 143 Å². The largest absolute Gasteiger partial charge is 0.388 e.